The van der Waals surface area contributed by atoms with E-state index in [1.807, 2.05) is 29.7 Å². The first-order valence-corrected chi connectivity index (χ1v) is 12.9. The Morgan fingerprint density at radius 1 is 1.06 bits per heavy atom. The minimum atomic E-state index is 0.0535. The van der Waals surface area contributed by atoms with Crippen LogP contribution in [-0.2, 0) is 13.1 Å². The van der Waals surface area contributed by atoms with Gasteiger partial charge < -0.3 is 5.32 Å². The van der Waals surface area contributed by atoms with Gasteiger partial charge in [-0.15, -0.1) is 0 Å². The molecule has 3 unspecified atom stereocenters. The number of aromatic nitrogens is 2. The topological polar surface area (TPSA) is 50.2 Å². The van der Waals surface area contributed by atoms with Crippen LogP contribution in [0.1, 0.15) is 70.0 Å². The lowest BCUT2D eigenvalue weighted by atomic mass is 9.91. The first-order valence-electron chi connectivity index (χ1n) is 12.9. The summed E-state index contributed by atoms with van der Waals surface area (Å²) < 4.78 is 1.85. The van der Waals surface area contributed by atoms with E-state index in [1.165, 1.54) is 30.6 Å². The molecule has 1 N–H and O–H groups in total. The first-order chi connectivity index (χ1) is 16.3. The normalized spacial score (nSPS) is 19.9. The van der Waals surface area contributed by atoms with E-state index < -0.39 is 0 Å². The van der Waals surface area contributed by atoms with Crippen LogP contribution in [0.2, 0.25) is 0 Å². The molecule has 182 valence electrons. The lowest BCUT2D eigenvalue weighted by Crippen LogP contribution is -2.38. The molecule has 0 radical (unpaired) electrons. The van der Waals surface area contributed by atoms with Crippen molar-refractivity contribution in [1.29, 1.82) is 0 Å². The number of hydrogen-bond donors (Lipinski definition) is 1. The van der Waals surface area contributed by atoms with E-state index in [-0.39, 0.29) is 11.6 Å². The maximum atomic E-state index is 13.2. The zero-order valence-electron chi connectivity index (χ0n) is 21.5. The number of aryl methyl sites for hydroxylation is 1. The van der Waals surface area contributed by atoms with Crippen LogP contribution in [0.5, 0.6) is 0 Å². The Morgan fingerprint density at radius 2 is 1.74 bits per heavy atom. The SMILES string of the molecule is CCCC(C)n1c(C)nc2ccc(NCc3ccc(CN4CC(C)CC(C)C4)cc3)cc2c1=O. The van der Waals surface area contributed by atoms with Crippen LogP contribution in [0.3, 0.4) is 0 Å². The van der Waals surface area contributed by atoms with E-state index in [9.17, 15) is 4.79 Å². The molecular formula is C29H40N4O. The van der Waals surface area contributed by atoms with Crippen molar-refractivity contribution in [3.05, 3.63) is 69.8 Å². The number of anilines is 1. The third-order valence-electron chi connectivity index (χ3n) is 7.09. The van der Waals surface area contributed by atoms with Gasteiger partial charge in [-0.3, -0.25) is 14.3 Å². The van der Waals surface area contributed by atoms with E-state index in [0.29, 0.717) is 5.39 Å². The summed E-state index contributed by atoms with van der Waals surface area (Å²) in [4.78, 5) is 20.5. The largest absolute Gasteiger partial charge is 0.381 e. The number of hydrogen-bond acceptors (Lipinski definition) is 4. The Morgan fingerprint density at radius 3 is 2.41 bits per heavy atom. The summed E-state index contributed by atoms with van der Waals surface area (Å²) >= 11 is 0. The summed E-state index contributed by atoms with van der Waals surface area (Å²) in [5.41, 5.74) is 4.38. The molecule has 3 atom stereocenters. The standard InChI is InChI=1S/C29H40N4O/c1-6-7-22(4)33-23(5)31-28-13-12-26(15-27(28)29(33)34)30-16-24-8-10-25(11-9-24)19-32-17-20(2)14-21(3)18-32/h8-13,15,20-22,30H,6-7,14,16-19H2,1-5H3. The van der Waals surface area contributed by atoms with Crippen molar-refractivity contribution in [1.82, 2.24) is 14.5 Å². The van der Waals surface area contributed by atoms with E-state index in [2.05, 4.69) is 62.2 Å². The minimum Gasteiger partial charge on any atom is -0.381 e. The van der Waals surface area contributed by atoms with Crippen molar-refractivity contribution in [2.24, 2.45) is 11.8 Å². The number of benzene rings is 2. The maximum absolute atomic E-state index is 13.2. The van der Waals surface area contributed by atoms with Crippen LogP contribution < -0.4 is 10.9 Å². The second-order valence-corrected chi connectivity index (χ2v) is 10.5. The molecule has 1 aromatic heterocycles. The van der Waals surface area contributed by atoms with Crippen LogP contribution in [0.25, 0.3) is 10.9 Å². The third kappa shape index (κ3) is 5.69. The lowest BCUT2D eigenvalue weighted by Gasteiger charge is -2.35. The van der Waals surface area contributed by atoms with Gasteiger partial charge in [-0.1, -0.05) is 51.5 Å². The highest BCUT2D eigenvalue weighted by Gasteiger charge is 2.21. The molecule has 34 heavy (non-hydrogen) atoms. The number of likely N-dealkylation sites (tertiary alicyclic amines) is 1. The number of nitrogens with zero attached hydrogens (tertiary/aromatic N) is 3. The summed E-state index contributed by atoms with van der Waals surface area (Å²) in [5.74, 6) is 2.35. The highest BCUT2D eigenvalue weighted by Crippen LogP contribution is 2.23. The van der Waals surface area contributed by atoms with E-state index in [4.69, 9.17) is 4.98 Å². The summed E-state index contributed by atoms with van der Waals surface area (Å²) in [6, 6.07) is 15.0. The molecule has 0 saturated carbocycles. The number of piperidine rings is 1. The fourth-order valence-corrected chi connectivity index (χ4v) is 5.63. The van der Waals surface area contributed by atoms with Crippen molar-refractivity contribution in [2.75, 3.05) is 18.4 Å². The number of nitrogens with one attached hydrogen (secondary N) is 1. The predicted octanol–water partition coefficient (Wildman–Crippen LogP) is 6.16. The molecule has 0 spiro atoms. The molecule has 1 fully saturated rings. The number of fused-ring (bicyclic) bond motifs is 1. The van der Waals surface area contributed by atoms with Gasteiger partial charge in [-0.05, 0) is 67.9 Å². The van der Waals surface area contributed by atoms with Crippen LogP contribution in [0, 0.1) is 18.8 Å². The van der Waals surface area contributed by atoms with Gasteiger partial charge >= 0.3 is 0 Å². The monoisotopic (exact) mass is 460 g/mol. The van der Waals surface area contributed by atoms with Crippen molar-refractivity contribution in [3.63, 3.8) is 0 Å². The molecule has 0 amide bonds. The molecular weight excluding hydrogens is 420 g/mol. The van der Waals surface area contributed by atoms with Gasteiger partial charge in [0.05, 0.1) is 10.9 Å². The fraction of sp³-hybridized carbons (Fsp3) is 0.517. The van der Waals surface area contributed by atoms with E-state index in [0.717, 1.165) is 54.8 Å². The quantitative estimate of drug-likeness (QED) is 0.438. The average Bonchev–Trinajstić information content (AvgIpc) is 2.78. The molecule has 4 rings (SSSR count). The molecule has 3 aromatic rings. The highest BCUT2D eigenvalue weighted by molar-refractivity contribution is 5.81. The molecule has 1 saturated heterocycles. The van der Waals surface area contributed by atoms with Crippen LogP contribution in [-0.4, -0.2) is 27.5 Å². The van der Waals surface area contributed by atoms with Gasteiger partial charge in [0.15, 0.2) is 0 Å². The summed E-state index contributed by atoms with van der Waals surface area (Å²) in [6.45, 7) is 15.1. The van der Waals surface area contributed by atoms with E-state index in [1.54, 1.807) is 0 Å². The molecule has 2 heterocycles. The summed E-state index contributed by atoms with van der Waals surface area (Å²) in [7, 11) is 0. The molecule has 1 aliphatic heterocycles. The van der Waals surface area contributed by atoms with Gasteiger partial charge in [-0.25, -0.2) is 4.98 Å². The summed E-state index contributed by atoms with van der Waals surface area (Å²) in [5, 5.41) is 4.17. The highest BCUT2D eigenvalue weighted by atomic mass is 16.1. The number of rotatable bonds is 8. The van der Waals surface area contributed by atoms with Crippen molar-refractivity contribution in [2.45, 2.75) is 73.0 Å². The van der Waals surface area contributed by atoms with Gasteiger partial charge in [0.2, 0.25) is 0 Å². The Balaban J connectivity index is 1.43. The zero-order chi connectivity index (χ0) is 24.2. The Bertz CT molecular complexity index is 1160. The van der Waals surface area contributed by atoms with Gasteiger partial charge in [0.1, 0.15) is 5.82 Å². The van der Waals surface area contributed by atoms with Crippen molar-refractivity contribution in [3.8, 4) is 0 Å². The van der Waals surface area contributed by atoms with Gasteiger partial charge in [0.25, 0.3) is 5.56 Å². The fourth-order valence-electron chi connectivity index (χ4n) is 5.63. The van der Waals surface area contributed by atoms with Gasteiger partial charge in [0, 0.05) is 37.9 Å². The smallest absolute Gasteiger partial charge is 0.261 e. The van der Waals surface area contributed by atoms with Crippen molar-refractivity contribution < 1.29 is 0 Å². The van der Waals surface area contributed by atoms with Crippen LogP contribution in [0.4, 0.5) is 5.69 Å². The minimum absolute atomic E-state index is 0.0535. The van der Waals surface area contributed by atoms with E-state index >= 15 is 0 Å². The van der Waals surface area contributed by atoms with Crippen molar-refractivity contribution >= 4 is 16.6 Å². The maximum Gasteiger partial charge on any atom is 0.261 e. The van der Waals surface area contributed by atoms with Crippen LogP contribution in [0.15, 0.2) is 47.3 Å². The molecule has 2 aromatic carbocycles. The Hall–Kier alpha value is -2.66. The predicted molar refractivity (Wildman–Crippen MR) is 142 cm³/mol. The second kappa shape index (κ2) is 10.7. The second-order valence-electron chi connectivity index (χ2n) is 10.5. The lowest BCUT2D eigenvalue weighted by molar-refractivity contribution is 0.134. The molecule has 1 aliphatic rings. The molecule has 5 nitrogen and oxygen atoms in total. The summed E-state index contributed by atoms with van der Waals surface area (Å²) in [6.07, 6.45) is 3.36. The zero-order valence-corrected chi connectivity index (χ0v) is 21.5. The molecule has 5 heteroatoms. The Labute approximate surface area is 204 Å². The average molecular weight is 461 g/mol. The third-order valence-corrected chi connectivity index (χ3v) is 7.09. The molecule has 0 bridgehead atoms. The molecule has 0 aliphatic carbocycles. The van der Waals surface area contributed by atoms with Crippen LogP contribution >= 0.6 is 0 Å². The Kier molecular flexibility index (Phi) is 7.72. The first kappa shape index (κ1) is 24.5. The van der Waals surface area contributed by atoms with Gasteiger partial charge in [-0.2, -0.15) is 0 Å².